The van der Waals surface area contributed by atoms with E-state index in [1.54, 1.807) is 0 Å². The van der Waals surface area contributed by atoms with Crippen molar-refractivity contribution in [2.45, 2.75) is 51.2 Å². The molecule has 0 aromatic heterocycles. The van der Waals surface area contributed by atoms with Crippen LogP contribution in [0.25, 0.3) is 0 Å². The molecule has 0 spiro atoms. The number of aliphatic hydroxyl groups excluding tert-OH is 1. The van der Waals surface area contributed by atoms with Gasteiger partial charge in [-0.1, -0.05) is 12.1 Å². The topological polar surface area (TPSA) is 55.8 Å². The average molecular weight is 345 g/mol. The summed E-state index contributed by atoms with van der Waals surface area (Å²) in [6, 6.07) is 9.08. The van der Waals surface area contributed by atoms with Gasteiger partial charge in [-0.3, -0.25) is 4.79 Å². The number of anilines is 1. The molecule has 2 saturated heterocycles. The lowest BCUT2D eigenvalue weighted by Crippen LogP contribution is -2.35. The van der Waals surface area contributed by atoms with Gasteiger partial charge in [0.15, 0.2) is 0 Å². The molecule has 2 heterocycles. The molecule has 0 bridgehead atoms. The van der Waals surface area contributed by atoms with Gasteiger partial charge in [0.2, 0.25) is 5.91 Å². The van der Waals surface area contributed by atoms with Crippen LogP contribution in [0.2, 0.25) is 0 Å². The highest BCUT2D eigenvalue weighted by Gasteiger charge is 2.19. The first-order valence-corrected chi connectivity index (χ1v) is 9.67. The van der Waals surface area contributed by atoms with E-state index in [0.29, 0.717) is 11.9 Å². The van der Waals surface area contributed by atoms with Crippen LogP contribution in [0.1, 0.15) is 50.6 Å². The van der Waals surface area contributed by atoms with E-state index in [0.717, 1.165) is 64.8 Å². The summed E-state index contributed by atoms with van der Waals surface area (Å²) in [6.07, 6.45) is 4.34. The van der Waals surface area contributed by atoms with Gasteiger partial charge in [-0.05, 0) is 56.8 Å². The van der Waals surface area contributed by atoms with Crippen molar-refractivity contribution >= 4 is 11.6 Å². The number of carbonyl (C=O) groups excluding carboxylic acids is 1. The summed E-state index contributed by atoms with van der Waals surface area (Å²) in [5, 5.41) is 13.2. The molecule has 25 heavy (non-hydrogen) atoms. The van der Waals surface area contributed by atoms with Gasteiger partial charge in [-0.25, -0.2) is 0 Å². The van der Waals surface area contributed by atoms with Gasteiger partial charge in [0.05, 0.1) is 6.10 Å². The number of benzene rings is 1. The second kappa shape index (κ2) is 8.68. The molecule has 1 aromatic rings. The third kappa shape index (κ3) is 4.95. The fraction of sp³-hybridized carbons (Fsp3) is 0.650. The molecule has 0 radical (unpaired) electrons. The molecule has 5 heteroatoms. The van der Waals surface area contributed by atoms with E-state index in [2.05, 4.69) is 41.4 Å². The number of aliphatic hydroxyl groups is 1. The molecule has 1 amide bonds. The quantitative estimate of drug-likeness (QED) is 0.745. The number of carbonyl (C=O) groups is 1. The van der Waals surface area contributed by atoms with Crippen LogP contribution in [-0.4, -0.2) is 54.7 Å². The molecule has 3 rings (SSSR count). The van der Waals surface area contributed by atoms with Crippen molar-refractivity contribution in [2.24, 2.45) is 0 Å². The first-order valence-electron chi connectivity index (χ1n) is 9.67. The second-order valence-electron chi connectivity index (χ2n) is 7.32. The van der Waals surface area contributed by atoms with E-state index in [-0.39, 0.29) is 6.10 Å². The normalized spacial score (nSPS) is 20.3. The number of amides is 1. The van der Waals surface area contributed by atoms with Crippen molar-refractivity contribution in [3.05, 3.63) is 29.8 Å². The molecule has 138 valence electrons. The summed E-state index contributed by atoms with van der Waals surface area (Å²) in [5.41, 5.74) is 2.54. The third-order valence-electron chi connectivity index (χ3n) is 5.45. The lowest BCUT2D eigenvalue weighted by Gasteiger charge is -2.31. The largest absolute Gasteiger partial charge is 0.393 e. The SMILES string of the molecule is CC(NCCCN1CCCC1=O)c1ccc(N2CCC(O)CC2)cc1. The van der Waals surface area contributed by atoms with Crippen molar-refractivity contribution in [2.75, 3.05) is 37.6 Å². The molecule has 5 nitrogen and oxygen atoms in total. The van der Waals surface area contributed by atoms with E-state index in [9.17, 15) is 9.90 Å². The van der Waals surface area contributed by atoms with Gasteiger partial charge in [0.25, 0.3) is 0 Å². The molecule has 0 aliphatic carbocycles. The fourth-order valence-corrected chi connectivity index (χ4v) is 3.74. The van der Waals surface area contributed by atoms with Crippen LogP contribution in [-0.2, 0) is 4.79 Å². The van der Waals surface area contributed by atoms with Crippen LogP contribution in [0.3, 0.4) is 0 Å². The molecule has 1 unspecified atom stereocenters. The molecule has 2 fully saturated rings. The van der Waals surface area contributed by atoms with Gasteiger partial charge in [0.1, 0.15) is 0 Å². The van der Waals surface area contributed by atoms with E-state index < -0.39 is 0 Å². The smallest absolute Gasteiger partial charge is 0.222 e. The minimum absolute atomic E-state index is 0.129. The Kier molecular flexibility index (Phi) is 6.32. The minimum Gasteiger partial charge on any atom is -0.393 e. The number of nitrogens with zero attached hydrogens (tertiary/aromatic N) is 2. The van der Waals surface area contributed by atoms with Crippen molar-refractivity contribution < 1.29 is 9.90 Å². The van der Waals surface area contributed by atoms with E-state index >= 15 is 0 Å². The highest BCUT2D eigenvalue weighted by Crippen LogP contribution is 2.22. The Morgan fingerprint density at radius 1 is 1.20 bits per heavy atom. The molecular weight excluding hydrogens is 314 g/mol. The number of nitrogens with one attached hydrogen (secondary N) is 1. The van der Waals surface area contributed by atoms with Crippen LogP contribution in [0.4, 0.5) is 5.69 Å². The lowest BCUT2D eigenvalue weighted by atomic mass is 10.0. The first-order chi connectivity index (χ1) is 12.1. The summed E-state index contributed by atoms with van der Waals surface area (Å²) in [6.45, 7) is 6.79. The second-order valence-corrected chi connectivity index (χ2v) is 7.32. The Balaban J connectivity index is 1.41. The average Bonchev–Trinajstić information content (AvgIpc) is 3.04. The number of piperidine rings is 1. The number of likely N-dealkylation sites (tertiary alicyclic amines) is 1. The zero-order valence-corrected chi connectivity index (χ0v) is 15.3. The Bertz CT molecular complexity index is 553. The zero-order valence-electron chi connectivity index (χ0n) is 15.3. The molecule has 1 atom stereocenters. The van der Waals surface area contributed by atoms with Crippen LogP contribution >= 0.6 is 0 Å². The van der Waals surface area contributed by atoms with Gasteiger partial charge >= 0.3 is 0 Å². The van der Waals surface area contributed by atoms with E-state index in [4.69, 9.17) is 0 Å². The predicted molar refractivity (Wildman–Crippen MR) is 101 cm³/mol. The van der Waals surface area contributed by atoms with Crippen LogP contribution in [0.5, 0.6) is 0 Å². The molecule has 2 aliphatic heterocycles. The van der Waals surface area contributed by atoms with Gasteiger partial charge in [0, 0.05) is 44.3 Å². The molecule has 0 saturated carbocycles. The summed E-state index contributed by atoms with van der Waals surface area (Å²) >= 11 is 0. The number of rotatable bonds is 7. The van der Waals surface area contributed by atoms with Gasteiger partial charge in [-0.15, -0.1) is 0 Å². The Hall–Kier alpha value is -1.59. The maximum absolute atomic E-state index is 11.6. The predicted octanol–water partition coefficient (Wildman–Crippen LogP) is 2.31. The van der Waals surface area contributed by atoms with Gasteiger partial charge in [-0.2, -0.15) is 0 Å². The molecule has 1 aromatic carbocycles. The molecule has 2 aliphatic rings. The highest BCUT2D eigenvalue weighted by atomic mass is 16.3. The third-order valence-corrected chi connectivity index (χ3v) is 5.45. The summed E-state index contributed by atoms with van der Waals surface area (Å²) in [7, 11) is 0. The van der Waals surface area contributed by atoms with Crippen molar-refractivity contribution in [1.82, 2.24) is 10.2 Å². The Morgan fingerprint density at radius 3 is 2.56 bits per heavy atom. The summed E-state index contributed by atoms with van der Waals surface area (Å²) < 4.78 is 0. The summed E-state index contributed by atoms with van der Waals surface area (Å²) in [5.74, 6) is 0.314. The highest BCUT2D eigenvalue weighted by molar-refractivity contribution is 5.77. The number of hydrogen-bond acceptors (Lipinski definition) is 4. The maximum atomic E-state index is 11.6. The van der Waals surface area contributed by atoms with Crippen molar-refractivity contribution in [3.8, 4) is 0 Å². The standard InChI is InChI=1S/C20H31N3O2/c1-16(21-11-3-13-23-12-2-4-20(23)25)17-5-7-18(8-6-17)22-14-9-19(24)10-15-22/h5-8,16,19,21,24H,2-4,9-15H2,1H3. The van der Waals surface area contributed by atoms with Crippen molar-refractivity contribution in [1.29, 1.82) is 0 Å². The van der Waals surface area contributed by atoms with Crippen molar-refractivity contribution in [3.63, 3.8) is 0 Å². The zero-order chi connectivity index (χ0) is 17.6. The minimum atomic E-state index is -0.129. The maximum Gasteiger partial charge on any atom is 0.222 e. The van der Waals surface area contributed by atoms with Crippen LogP contribution in [0, 0.1) is 0 Å². The monoisotopic (exact) mass is 345 g/mol. The first kappa shape index (κ1) is 18.2. The molecular formula is C20H31N3O2. The van der Waals surface area contributed by atoms with E-state index in [1.807, 2.05) is 4.90 Å². The van der Waals surface area contributed by atoms with Crippen LogP contribution < -0.4 is 10.2 Å². The molecule has 2 N–H and O–H groups in total. The van der Waals surface area contributed by atoms with E-state index in [1.165, 1.54) is 11.3 Å². The number of hydrogen-bond donors (Lipinski definition) is 2. The van der Waals surface area contributed by atoms with Crippen LogP contribution in [0.15, 0.2) is 24.3 Å². The van der Waals surface area contributed by atoms with Gasteiger partial charge < -0.3 is 20.2 Å². The summed E-state index contributed by atoms with van der Waals surface area (Å²) in [4.78, 5) is 15.9. The Labute approximate surface area is 151 Å². The fourth-order valence-electron chi connectivity index (χ4n) is 3.74. The lowest BCUT2D eigenvalue weighted by molar-refractivity contribution is -0.127. The Morgan fingerprint density at radius 2 is 1.92 bits per heavy atom.